The van der Waals surface area contributed by atoms with Crippen molar-refractivity contribution in [3.8, 4) is 0 Å². The number of ether oxygens (including phenoxy) is 1. The molecule has 0 aromatic heterocycles. The van der Waals surface area contributed by atoms with Gasteiger partial charge in [0.1, 0.15) is 0 Å². The van der Waals surface area contributed by atoms with E-state index < -0.39 is 6.04 Å². The van der Waals surface area contributed by atoms with Gasteiger partial charge >= 0.3 is 0 Å². The van der Waals surface area contributed by atoms with Crippen LogP contribution in [0.1, 0.15) is 19.8 Å². The number of hydrogen-bond acceptors (Lipinski definition) is 4. The van der Waals surface area contributed by atoms with Crippen molar-refractivity contribution >= 4 is 11.8 Å². The second-order valence-electron chi connectivity index (χ2n) is 4.05. The van der Waals surface area contributed by atoms with Crippen molar-refractivity contribution in [1.29, 1.82) is 0 Å². The first kappa shape index (κ1) is 13.9. The zero-order chi connectivity index (χ0) is 12.7. The molecule has 0 spiro atoms. The van der Waals surface area contributed by atoms with Gasteiger partial charge in [-0.2, -0.15) is 0 Å². The average molecular weight is 243 g/mol. The topological polar surface area (TPSA) is 84.7 Å². The number of morpholine rings is 1. The van der Waals surface area contributed by atoms with E-state index >= 15 is 0 Å². The van der Waals surface area contributed by atoms with Gasteiger partial charge in [0.15, 0.2) is 0 Å². The summed E-state index contributed by atoms with van der Waals surface area (Å²) in [5.74, 6) is -0.138. The number of amides is 2. The van der Waals surface area contributed by atoms with Crippen molar-refractivity contribution in [1.82, 2.24) is 10.2 Å². The Labute approximate surface area is 101 Å². The lowest BCUT2D eigenvalue weighted by Crippen LogP contribution is -2.44. The van der Waals surface area contributed by atoms with Crippen LogP contribution in [0, 0.1) is 0 Å². The molecule has 2 amide bonds. The van der Waals surface area contributed by atoms with Crippen LogP contribution in [0.5, 0.6) is 0 Å². The van der Waals surface area contributed by atoms with Gasteiger partial charge in [0.05, 0.1) is 19.3 Å². The van der Waals surface area contributed by atoms with E-state index in [1.165, 1.54) is 0 Å². The second-order valence-corrected chi connectivity index (χ2v) is 4.05. The van der Waals surface area contributed by atoms with Gasteiger partial charge in [-0.1, -0.05) is 6.92 Å². The van der Waals surface area contributed by atoms with Gasteiger partial charge in [0.2, 0.25) is 11.8 Å². The van der Waals surface area contributed by atoms with Crippen LogP contribution in [0.2, 0.25) is 0 Å². The number of nitrogens with two attached hydrogens (primary N) is 1. The van der Waals surface area contributed by atoms with Crippen LogP contribution in [-0.4, -0.2) is 55.6 Å². The Kier molecular flexibility index (Phi) is 5.93. The summed E-state index contributed by atoms with van der Waals surface area (Å²) in [7, 11) is 0. The molecule has 6 heteroatoms. The Morgan fingerprint density at radius 3 is 2.65 bits per heavy atom. The standard InChI is InChI=1S/C11H21N3O3/c1-2-9(12)11(16)13-4-3-10(15)14-5-7-17-8-6-14/h9H,2-8,12H2,1H3,(H,13,16). The quantitative estimate of drug-likeness (QED) is 0.654. The largest absolute Gasteiger partial charge is 0.378 e. The van der Waals surface area contributed by atoms with E-state index in [1.54, 1.807) is 4.90 Å². The van der Waals surface area contributed by atoms with Gasteiger partial charge in [0, 0.05) is 26.1 Å². The fourth-order valence-corrected chi connectivity index (χ4v) is 1.58. The van der Waals surface area contributed by atoms with Gasteiger partial charge in [-0.05, 0) is 6.42 Å². The van der Waals surface area contributed by atoms with Crippen LogP contribution in [0.3, 0.4) is 0 Å². The molecule has 1 heterocycles. The molecule has 3 N–H and O–H groups in total. The highest BCUT2D eigenvalue weighted by molar-refractivity contribution is 5.82. The summed E-state index contributed by atoms with van der Waals surface area (Å²) < 4.78 is 5.16. The number of hydrogen-bond donors (Lipinski definition) is 2. The molecular formula is C11H21N3O3. The first-order chi connectivity index (χ1) is 8.15. The summed E-state index contributed by atoms with van der Waals surface area (Å²) in [5.41, 5.74) is 5.55. The molecule has 17 heavy (non-hydrogen) atoms. The van der Waals surface area contributed by atoms with Crippen LogP contribution in [0.25, 0.3) is 0 Å². The van der Waals surface area contributed by atoms with Crippen molar-refractivity contribution in [3.63, 3.8) is 0 Å². The number of carbonyl (C=O) groups is 2. The van der Waals surface area contributed by atoms with E-state index in [1.807, 2.05) is 6.92 Å². The second kappa shape index (κ2) is 7.24. The third-order valence-corrected chi connectivity index (χ3v) is 2.78. The highest BCUT2D eigenvalue weighted by Gasteiger charge is 2.17. The lowest BCUT2D eigenvalue weighted by atomic mass is 10.2. The Balaban J connectivity index is 2.17. The molecular weight excluding hydrogens is 222 g/mol. The summed E-state index contributed by atoms with van der Waals surface area (Å²) >= 11 is 0. The zero-order valence-electron chi connectivity index (χ0n) is 10.3. The third kappa shape index (κ3) is 4.70. The Morgan fingerprint density at radius 2 is 2.06 bits per heavy atom. The fraction of sp³-hybridized carbons (Fsp3) is 0.818. The maximum Gasteiger partial charge on any atom is 0.236 e. The summed E-state index contributed by atoms with van der Waals surface area (Å²) in [6.07, 6.45) is 0.922. The summed E-state index contributed by atoms with van der Waals surface area (Å²) in [4.78, 5) is 24.8. The predicted octanol–water partition coefficient (Wildman–Crippen LogP) is -0.911. The summed E-state index contributed by atoms with van der Waals surface area (Å²) in [6, 6.07) is -0.478. The van der Waals surface area contributed by atoms with Crippen molar-refractivity contribution in [2.75, 3.05) is 32.8 Å². The minimum Gasteiger partial charge on any atom is -0.378 e. The molecule has 98 valence electrons. The Bertz CT molecular complexity index is 265. The molecule has 0 bridgehead atoms. The van der Waals surface area contributed by atoms with E-state index in [-0.39, 0.29) is 11.8 Å². The fourth-order valence-electron chi connectivity index (χ4n) is 1.58. The lowest BCUT2D eigenvalue weighted by Gasteiger charge is -2.26. The first-order valence-electron chi connectivity index (χ1n) is 6.04. The van der Waals surface area contributed by atoms with Gasteiger partial charge in [0.25, 0.3) is 0 Å². The molecule has 0 radical (unpaired) electrons. The normalized spacial score (nSPS) is 17.6. The van der Waals surface area contributed by atoms with Crippen LogP contribution < -0.4 is 11.1 Å². The molecule has 0 aromatic carbocycles. The van der Waals surface area contributed by atoms with Crippen LogP contribution in [-0.2, 0) is 14.3 Å². The SMILES string of the molecule is CCC(N)C(=O)NCCC(=O)N1CCOCC1. The summed E-state index contributed by atoms with van der Waals surface area (Å²) in [5, 5.41) is 2.66. The van der Waals surface area contributed by atoms with Crippen LogP contribution in [0.15, 0.2) is 0 Å². The van der Waals surface area contributed by atoms with Crippen molar-refractivity contribution in [2.45, 2.75) is 25.8 Å². The van der Waals surface area contributed by atoms with Crippen molar-refractivity contribution < 1.29 is 14.3 Å². The monoisotopic (exact) mass is 243 g/mol. The molecule has 1 saturated heterocycles. The van der Waals surface area contributed by atoms with Gasteiger partial charge < -0.3 is 20.7 Å². The molecule has 1 unspecified atom stereocenters. The Morgan fingerprint density at radius 1 is 1.41 bits per heavy atom. The third-order valence-electron chi connectivity index (χ3n) is 2.78. The lowest BCUT2D eigenvalue weighted by molar-refractivity contribution is -0.135. The zero-order valence-corrected chi connectivity index (χ0v) is 10.3. The van der Waals surface area contributed by atoms with Gasteiger partial charge in [-0.15, -0.1) is 0 Å². The number of carbonyl (C=O) groups excluding carboxylic acids is 2. The number of rotatable bonds is 5. The molecule has 1 aliphatic rings. The predicted molar refractivity (Wildman–Crippen MR) is 63.3 cm³/mol. The molecule has 1 aliphatic heterocycles. The Hall–Kier alpha value is -1.14. The summed E-state index contributed by atoms with van der Waals surface area (Å²) in [6.45, 7) is 4.67. The van der Waals surface area contributed by atoms with E-state index in [0.717, 1.165) is 0 Å². The van der Waals surface area contributed by atoms with Crippen LogP contribution >= 0.6 is 0 Å². The molecule has 1 fully saturated rings. The number of nitrogens with zero attached hydrogens (tertiary/aromatic N) is 1. The first-order valence-corrected chi connectivity index (χ1v) is 6.04. The average Bonchev–Trinajstić information content (AvgIpc) is 2.38. The maximum atomic E-state index is 11.7. The molecule has 1 atom stereocenters. The van der Waals surface area contributed by atoms with E-state index in [2.05, 4.69) is 5.32 Å². The smallest absolute Gasteiger partial charge is 0.236 e. The molecule has 1 rings (SSSR count). The molecule has 0 saturated carbocycles. The van der Waals surface area contributed by atoms with Crippen molar-refractivity contribution in [2.24, 2.45) is 5.73 Å². The van der Waals surface area contributed by atoms with Crippen molar-refractivity contribution in [3.05, 3.63) is 0 Å². The molecule has 6 nitrogen and oxygen atoms in total. The highest BCUT2D eigenvalue weighted by atomic mass is 16.5. The minimum atomic E-state index is -0.478. The molecule has 0 aliphatic carbocycles. The van der Waals surface area contributed by atoms with E-state index in [4.69, 9.17) is 10.5 Å². The van der Waals surface area contributed by atoms with Crippen LogP contribution in [0.4, 0.5) is 0 Å². The van der Waals surface area contributed by atoms with E-state index in [9.17, 15) is 9.59 Å². The molecule has 0 aromatic rings. The van der Waals surface area contributed by atoms with Gasteiger partial charge in [-0.3, -0.25) is 9.59 Å². The maximum absolute atomic E-state index is 11.7. The van der Waals surface area contributed by atoms with E-state index in [0.29, 0.717) is 45.7 Å². The number of nitrogens with one attached hydrogen (secondary N) is 1. The minimum absolute atomic E-state index is 0.0543. The van der Waals surface area contributed by atoms with Gasteiger partial charge in [-0.25, -0.2) is 0 Å². The highest BCUT2D eigenvalue weighted by Crippen LogP contribution is 1.99.